The Hall–Kier alpha value is -6.14. The van der Waals surface area contributed by atoms with Gasteiger partial charge in [0.15, 0.2) is 34.6 Å². The van der Waals surface area contributed by atoms with Crippen molar-refractivity contribution in [3.8, 4) is 23.0 Å². The van der Waals surface area contributed by atoms with Crippen LogP contribution in [0.5, 0.6) is 23.0 Å². The maximum Gasteiger partial charge on any atom is 0.305 e. The third-order valence-corrected chi connectivity index (χ3v) is 12.4. The minimum absolute atomic E-state index is 0.193. The van der Waals surface area contributed by atoms with E-state index in [0.717, 1.165) is 11.1 Å². The zero-order chi connectivity index (χ0) is 41.8. The number of carbonyl (C=O) groups is 4. The van der Waals surface area contributed by atoms with Gasteiger partial charge in [-0.3, -0.25) is 30.0 Å². The van der Waals surface area contributed by atoms with E-state index in [0.29, 0.717) is 33.8 Å². The van der Waals surface area contributed by atoms with Gasteiger partial charge in [0.05, 0.1) is 51.8 Å². The maximum absolute atomic E-state index is 13.9. The Balaban J connectivity index is 1.33. The number of hydrogen-bond acceptors (Lipinski definition) is 14. The number of hydrogen-bond donors (Lipinski definition) is 4. The summed E-state index contributed by atoms with van der Waals surface area (Å²) in [6.07, 6.45) is 6.38. The molecule has 304 valence electrons. The van der Waals surface area contributed by atoms with Crippen LogP contribution in [-0.2, 0) is 19.2 Å². The van der Waals surface area contributed by atoms with Crippen molar-refractivity contribution in [3.05, 3.63) is 83.9 Å². The molecule has 4 atom stereocenters. The highest BCUT2D eigenvalue weighted by atomic mass is 32.2. The summed E-state index contributed by atoms with van der Waals surface area (Å²) in [4.78, 5) is 49.2. The van der Waals surface area contributed by atoms with Crippen LogP contribution in [0.15, 0.2) is 72.8 Å². The van der Waals surface area contributed by atoms with Crippen molar-refractivity contribution in [2.75, 3.05) is 39.3 Å². The quantitative estimate of drug-likeness (QED) is 0.102. The fourth-order valence-electron chi connectivity index (χ4n) is 6.54. The van der Waals surface area contributed by atoms with E-state index in [9.17, 15) is 29.4 Å². The molecule has 4 unspecified atom stereocenters. The van der Waals surface area contributed by atoms with Gasteiger partial charge < -0.3 is 29.2 Å². The van der Waals surface area contributed by atoms with Crippen LogP contribution < -0.4 is 29.8 Å². The first-order chi connectivity index (χ1) is 27.7. The highest BCUT2D eigenvalue weighted by Gasteiger charge is 2.50. The number of aliphatic carboxylic acids is 2. The van der Waals surface area contributed by atoms with Gasteiger partial charge in [0.2, 0.25) is 0 Å². The molecule has 4 aromatic rings. The largest absolute Gasteiger partial charge is 0.493 e. The van der Waals surface area contributed by atoms with Crippen molar-refractivity contribution >= 4 is 81.8 Å². The van der Waals surface area contributed by atoms with Gasteiger partial charge >= 0.3 is 11.9 Å². The molecule has 0 radical (unpaired) electrons. The zero-order valence-electron chi connectivity index (χ0n) is 32.4. The zero-order valence-corrected chi connectivity index (χ0v) is 34.1. The number of anilines is 2. The molecule has 4 N–H and O–H groups in total. The fourth-order valence-corrected chi connectivity index (χ4v) is 9.33. The molecule has 2 amide bonds. The number of amides is 2. The van der Waals surface area contributed by atoms with Gasteiger partial charge in [-0.25, -0.2) is 10.0 Å². The van der Waals surface area contributed by atoms with Gasteiger partial charge in [-0.1, -0.05) is 48.6 Å². The van der Waals surface area contributed by atoms with E-state index in [1.165, 1.54) is 62.0 Å². The number of benzene rings is 3. The number of carboxylic acids is 2. The lowest BCUT2D eigenvalue weighted by Crippen LogP contribution is -2.46. The standard InChI is InChI=1S/C40H42N6O10S2/c1-39(17-15-23-11-13-27(53-3)29(19-23)55-5)45(37(51)31(57-39)21-33(47)48)43-35-25-9-7-8-10-26(25)36(42-41-35)44-46-38(52)32(22-34(49)50)58-40(46,2)18-16-24-12-14-28(54-4)30(20-24)56-6/h7-20,31-32H,21-22H2,1-6H3,(H,41,43)(H,42,44)(H,47,48)(H,49,50)/b17-15+,18-16+. The second kappa shape index (κ2) is 17.2. The number of rotatable bonds is 16. The van der Waals surface area contributed by atoms with Crippen LogP contribution >= 0.6 is 23.5 Å². The monoisotopic (exact) mass is 830 g/mol. The molecule has 2 aliphatic heterocycles. The topological polar surface area (TPSA) is 202 Å². The number of nitrogens with one attached hydrogen (secondary N) is 2. The van der Waals surface area contributed by atoms with E-state index in [1.807, 2.05) is 12.1 Å². The molecular formula is C40H42N6O10S2. The SMILES string of the molecule is COc1ccc(/C=C/C2(C)SC(CC(=O)O)C(=O)N2Nc2nnc(NN3C(=O)C(CC(=O)O)SC3(C)/C=C/c3ccc(OC)c(OC)c3)c3ccccc23)cc1OC. The second-order valence-electron chi connectivity index (χ2n) is 13.4. The number of aromatic nitrogens is 2. The average molecular weight is 831 g/mol. The van der Waals surface area contributed by atoms with E-state index in [-0.39, 0.29) is 11.6 Å². The summed E-state index contributed by atoms with van der Waals surface area (Å²) in [6.45, 7) is 3.57. The van der Waals surface area contributed by atoms with E-state index >= 15 is 0 Å². The van der Waals surface area contributed by atoms with Crippen molar-refractivity contribution < 1.29 is 48.3 Å². The Morgan fingerprint density at radius 1 is 0.672 bits per heavy atom. The van der Waals surface area contributed by atoms with E-state index < -0.39 is 56.8 Å². The Kier molecular flexibility index (Phi) is 12.3. The molecular weight excluding hydrogens is 789 g/mol. The van der Waals surface area contributed by atoms with E-state index in [1.54, 1.807) is 86.7 Å². The van der Waals surface area contributed by atoms with Crippen LogP contribution in [0.25, 0.3) is 22.9 Å². The van der Waals surface area contributed by atoms with Gasteiger partial charge in [-0.05, 0) is 61.4 Å². The van der Waals surface area contributed by atoms with E-state index in [4.69, 9.17) is 18.9 Å². The first-order valence-corrected chi connectivity index (χ1v) is 19.6. The molecule has 0 spiro atoms. The molecule has 6 rings (SSSR count). The van der Waals surface area contributed by atoms with Crippen LogP contribution in [0.4, 0.5) is 11.6 Å². The minimum Gasteiger partial charge on any atom is -0.493 e. The molecule has 18 heteroatoms. The second-order valence-corrected chi connectivity index (χ2v) is 16.7. The minimum atomic E-state index is -1.12. The lowest BCUT2D eigenvalue weighted by molar-refractivity contribution is -0.140. The number of carbonyl (C=O) groups excluding carboxylic acids is 2. The summed E-state index contributed by atoms with van der Waals surface area (Å²) in [5, 5.41) is 30.1. The molecule has 3 heterocycles. The summed E-state index contributed by atoms with van der Waals surface area (Å²) >= 11 is 2.35. The highest BCUT2D eigenvalue weighted by Crippen LogP contribution is 2.46. The summed E-state index contributed by atoms with van der Waals surface area (Å²) in [5.74, 6) is -0.670. The lowest BCUT2D eigenvalue weighted by atomic mass is 10.1. The molecule has 1 aromatic heterocycles. The molecule has 0 bridgehead atoms. The predicted molar refractivity (Wildman–Crippen MR) is 222 cm³/mol. The van der Waals surface area contributed by atoms with Crippen LogP contribution in [0.2, 0.25) is 0 Å². The molecule has 2 aliphatic rings. The molecule has 2 fully saturated rings. The molecule has 2 saturated heterocycles. The van der Waals surface area contributed by atoms with Crippen LogP contribution in [0, 0.1) is 0 Å². The van der Waals surface area contributed by atoms with Gasteiger partial charge in [-0.2, -0.15) is 0 Å². The number of methoxy groups -OCH3 is 4. The first kappa shape index (κ1) is 41.5. The Morgan fingerprint density at radius 3 is 1.40 bits per heavy atom. The van der Waals surface area contributed by atoms with Crippen LogP contribution in [0.3, 0.4) is 0 Å². The Labute approximate surface area is 342 Å². The Morgan fingerprint density at radius 2 is 1.05 bits per heavy atom. The normalized spacial score (nSPS) is 21.9. The molecule has 16 nitrogen and oxygen atoms in total. The number of thioether (sulfide) groups is 2. The number of nitrogens with zero attached hydrogens (tertiary/aromatic N) is 4. The predicted octanol–water partition coefficient (Wildman–Crippen LogP) is 6.01. The van der Waals surface area contributed by atoms with Crippen molar-refractivity contribution in [2.24, 2.45) is 0 Å². The highest BCUT2D eigenvalue weighted by molar-refractivity contribution is 8.02. The number of carboxylic acid groups (broad SMARTS) is 2. The van der Waals surface area contributed by atoms with Crippen molar-refractivity contribution in [2.45, 2.75) is 46.9 Å². The summed E-state index contributed by atoms with van der Waals surface area (Å²) in [7, 11) is 6.14. The molecule has 0 saturated carbocycles. The van der Waals surface area contributed by atoms with Crippen molar-refractivity contribution in [3.63, 3.8) is 0 Å². The number of hydrazine groups is 2. The molecule has 0 aliphatic carbocycles. The summed E-state index contributed by atoms with van der Waals surface area (Å²) < 4.78 is 21.6. The van der Waals surface area contributed by atoms with Crippen LogP contribution in [0.1, 0.15) is 37.8 Å². The summed E-state index contributed by atoms with van der Waals surface area (Å²) in [5.41, 5.74) is 7.75. The first-order valence-electron chi connectivity index (χ1n) is 17.8. The maximum atomic E-state index is 13.9. The third kappa shape index (κ3) is 8.57. The van der Waals surface area contributed by atoms with E-state index in [2.05, 4.69) is 21.0 Å². The van der Waals surface area contributed by atoms with Gasteiger partial charge in [-0.15, -0.1) is 33.7 Å². The average Bonchev–Trinajstić information content (AvgIpc) is 3.58. The fraction of sp³-hybridized carbons (Fsp3) is 0.300. The Bertz CT molecular complexity index is 2150. The molecule has 3 aromatic carbocycles. The molecule has 58 heavy (non-hydrogen) atoms. The summed E-state index contributed by atoms with van der Waals surface area (Å²) in [6, 6.07) is 17.8. The van der Waals surface area contributed by atoms with Crippen LogP contribution in [-0.4, -0.2) is 103 Å². The number of ether oxygens (including phenoxy) is 4. The number of fused-ring (bicyclic) bond motifs is 1. The van der Waals surface area contributed by atoms with Gasteiger partial charge in [0, 0.05) is 10.8 Å². The smallest absolute Gasteiger partial charge is 0.305 e. The lowest BCUT2D eigenvalue weighted by Gasteiger charge is -2.33. The van der Waals surface area contributed by atoms with Crippen molar-refractivity contribution in [1.82, 2.24) is 20.2 Å². The third-order valence-electron chi connectivity index (χ3n) is 9.47. The van der Waals surface area contributed by atoms with Gasteiger partial charge in [0.1, 0.15) is 9.74 Å². The van der Waals surface area contributed by atoms with Gasteiger partial charge in [0.25, 0.3) is 11.8 Å². The van der Waals surface area contributed by atoms with Crippen molar-refractivity contribution in [1.29, 1.82) is 0 Å².